The number of aryl methyl sites for hydroxylation is 1. The normalized spacial score (nSPS) is 13.9. The van der Waals surface area contributed by atoms with E-state index in [1.165, 1.54) is 0 Å². The van der Waals surface area contributed by atoms with Crippen LogP contribution in [0.5, 0.6) is 0 Å². The van der Waals surface area contributed by atoms with Crippen molar-refractivity contribution in [3.05, 3.63) is 95.8 Å². The molecule has 4 aromatic rings. The molecule has 36 heavy (non-hydrogen) atoms. The summed E-state index contributed by atoms with van der Waals surface area (Å²) in [5, 5.41) is 8.54. The Hall–Kier alpha value is -4.53. The van der Waals surface area contributed by atoms with E-state index in [0.29, 0.717) is 38.4 Å². The number of benzene rings is 1. The molecular formula is C27H26N6O3. The molecule has 0 radical (unpaired) electrons. The van der Waals surface area contributed by atoms with Crippen molar-refractivity contribution < 1.29 is 14.1 Å². The smallest absolute Gasteiger partial charge is 0.292 e. The van der Waals surface area contributed by atoms with Crippen LogP contribution in [0.15, 0.2) is 77.7 Å². The SMILES string of the molecule is Cc1cc(C(=O)N2CCN(C(=O)/C=C/c3cn(Cc4ccccc4)nc3-c3cccnc3)CC2)on1. The molecule has 1 aliphatic heterocycles. The third-order valence-electron chi connectivity index (χ3n) is 6.04. The molecule has 1 aliphatic rings. The third kappa shape index (κ3) is 5.25. The van der Waals surface area contributed by atoms with E-state index in [2.05, 4.69) is 22.3 Å². The number of rotatable bonds is 6. The summed E-state index contributed by atoms with van der Waals surface area (Å²) in [5.41, 5.74) is 4.28. The van der Waals surface area contributed by atoms with Crippen molar-refractivity contribution in [3.8, 4) is 11.3 Å². The van der Waals surface area contributed by atoms with Crippen molar-refractivity contribution in [2.24, 2.45) is 0 Å². The second-order valence-corrected chi connectivity index (χ2v) is 8.64. The van der Waals surface area contributed by atoms with Gasteiger partial charge in [0.15, 0.2) is 0 Å². The number of pyridine rings is 1. The molecule has 9 nitrogen and oxygen atoms in total. The van der Waals surface area contributed by atoms with Crippen LogP contribution in [0, 0.1) is 6.92 Å². The van der Waals surface area contributed by atoms with Crippen LogP contribution < -0.4 is 0 Å². The number of nitrogens with zero attached hydrogens (tertiary/aromatic N) is 6. The maximum atomic E-state index is 12.9. The summed E-state index contributed by atoms with van der Waals surface area (Å²) < 4.78 is 6.96. The van der Waals surface area contributed by atoms with Crippen LogP contribution in [0.4, 0.5) is 0 Å². The van der Waals surface area contributed by atoms with E-state index in [4.69, 9.17) is 9.62 Å². The molecule has 0 saturated carbocycles. The largest absolute Gasteiger partial charge is 0.351 e. The van der Waals surface area contributed by atoms with Gasteiger partial charge in [0.05, 0.1) is 12.2 Å². The summed E-state index contributed by atoms with van der Waals surface area (Å²) in [6.07, 6.45) is 8.79. The van der Waals surface area contributed by atoms with Gasteiger partial charge in [-0.05, 0) is 30.7 Å². The number of piperazine rings is 1. The minimum Gasteiger partial charge on any atom is -0.351 e. The van der Waals surface area contributed by atoms with Crippen molar-refractivity contribution in [3.63, 3.8) is 0 Å². The molecule has 3 aromatic heterocycles. The Morgan fingerprint density at radius 2 is 1.81 bits per heavy atom. The lowest BCUT2D eigenvalue weighted by Gasteiger charge is -2.33. The highest BCUT2D eigenvalue weighted by Crippen LogP contribution is 2.23. The quantitative estimate of drug-likeness (QED) is 0.391. The van der Waals surface area contributed by atoms with E-state index in [1.54, 1.807) is 47.3 Å². The molecule has 0 unspecified atom stereocenters. The number of amides is 2. The molecule has 2 amide bonds. The highest BCUT2D eigenvalue weighted by Gasteiger charge is 2.26. The molecule has 4 heterocycles. The Balaban J connectivity index is 1.28. The van der Waals surface area contributed by atoms with Crippen LogP contribution in [-0.4, -0.2) is 67.7 Å². The van der Waals surface area contributed by atoms with Gasteiger partial charge in [0.25, 0.3) is 5.91 Å². The van der Waals surface area contributed by atoms with Crippen molar-refractivity contribution >= 4 is 17.9 Å². The predicted octanol–water partition coefficient (Wildman–Crippen LogP) is 3.29. The number of carbonyl (C=O) groups excluding carboxylic acids is 2. The molecular weight excluding hydrogens is 456 g/mol. The predicted molar refractivity (Wildman–Crippen MR) is 134 cm³/mol. The molecule has 0 aliphatic carbocycles. The summed E-state index contributed by atoms with van der Waals surface area (Å²) in [4.78, 5) is 33.1. The first-order chi connectivity index (χ1) is 17.6. The van der Waals surface area contributed by atoms with Gasteiger partial charge in [0, 0.05) is 68.0 Å². The first-order valence-corrected chi connectivity index (χ1v) is 11.8. The maximum Gasteiger partial charge on any atom is 0.292 e. The highest BCUT2D eigenvalue weighted by molar-refractivity contribution is 5.94. The van der Waals surface area contributed by atoms with Crippen LogP contribution >= 0.6 is 0 Å². The zero-order valence-electron chi connectivity index (χ0n) is 19.9. The van der Waals surface area contributed by atoms with Gasteiger partial charge in [0.1, 0.15) is 5.69 Å². The lowest BCUT2D eigenvalue weighted by Crippen LogP contribution is -2.50. The van der Waals surface area contributed by atoms with E-state index in [-0.39, 0.29) is 17.6 Å². The topological polar surface area (TPSA) is 97.4 Å². The second kappa shape index (κ2) is 10.4. The zero-order chi connectivity index (χ0) is 24.9. The van der Waals surface area contributed by atoms with Gasteiger partial charge in [-0.3, -0.25) is 19.3 Å². The fraction of sp³-hybridized carbons (Fsp3) is 0.222. The van der Waals surface area contributed by atoms with Crippen LogP contribution in [0.25, 0.3) is 17.3 Å². The van der Waals surface area contributed by atoms with Crippen LogP contribution in [0.3, 0.4) is 0 Å². The lowest BCUT2D eigenvalue weighted by atomic mass is 10.1. The van der Waals surface area contributed by atoms with Crippen LogP contribution in [0.2, 0.25) is 0 Å². The van der Waals surface area contributed by atoms with Crippen LogP contribution in [0.1, 0.15) is 27.4 Å². The van der Waals surface area contributed by atoms with Gasteiger partial charge in [-0.2, -0.15) is 5.10 Å². The molecule has 182 valence electrons. The fourth-order valence-corrected chi connectivity index (χ4v) is 4.15. The Morgan fingerprint density at radius 1 is 1.03 bits per heavy atom. The molecule has 0 spiro atoms. The number of carbonyl (C=O) groups is 2. The first kappa shape index (κ1) is 23.2. The molecule has 0 bridgehead atoms. The summed E-state index contributed by atoms with van der Waals surface area (Å²) in [6.45, 7) is 4.17. The van der Waals surface area contributed by atoms with Gasteiger partial charge < -0.3 is 14.3 Å². The fourth-order valence-electron chi connectivity index (χ4n) is 4.15. The lowest BCUT2D eigenvalue weighted by molar-refractivity contribution is -0.127. The van der Waals surface area contributed by atoms with Crippen molar-refractivity contribution in [1.82, 2.24) is 29.7 Å². The molecule has 0 atom stereocenters. The Kier molecular flexibility index (Phi) is 6.70. The molecule has 9 heteroatoms. The summed E-state index contributed by atoms with van der Waals surface area (Å²) in [5.74, 6) is -0.0849. The summed E-state index contributed by atoms with van der Waals surface area (Å²) in [7, 11) is 0. The Morgan fingerprint density at radius 3 is 2.50 bits per heavy atom. The Bertz CT molecular complexity index is 1370. The van der Waals surface area contributed by atoms with Gasteiger partial charge in [-0.25, -0.2) is 0 Å². The van der Waals surface area contributed by atoms with Crippen LogP contribution in [-0.2, 0) is 11.3 Å². The number of aromatic nitrogens is 4. The standard InChI is InChI=1S/C27H26N6O3/c1-20-16-24(36-30-20)27(35)32-14-12-31(13-15-32)25(34)10-9-23-19-33(18-21-6-3-2-4-7-21)29-26(23)22-8-5-11-28-17-22/h2-11,16-17,19H,12-15,18H2,1H3/b10-9+. The van der Waals surface area contributed by atoms with Gasteiger partial charge in [0.2, 0.25) is 11.7 Å². The molecule has 0 N–H and O–H groups in total. The maximum absolute atomic E-state index is 12.9. The van der Waals surface area contributed by atoms with Gasteiger partial charge in [-0.15, -0.1) is 0 Å². The van der Waals surface area contributed by atoms with Crippen molar-refractivity contribution in [2.75, 3.05) is 26.2 Å². The average molecular weight is 483 g/mol. The molecule has 1 aromatic carbocycles. The minimum absolute atomic E-state index is 0.106. The summed E-state index contributed by atoms with van der Waals surface area (Å²) >= 11 is 0. The van der Waals surface area contributed by atoms with E-state index >= 15 is 0 Å². The minimum atomic E-state index is -0.204. The van der Waals surface area contributed by atoms with E-state index in [1.807, 2.05) is 41.2 Å². The summed E-state index contributed by atoms with van der Waals surface area (Å²) in [6, 6.07) is 15.5. The van der Waals surface area contributed by atoms with E-state index in [9.17, 15) is 9.59 Å². The third-order valence-corrected chi connectivity index (χ3v) is 6.04. The number of hydrogen-bond donors (Lipinski definition) is 0. The van der Waals surface area contributed by atoms with E-state index in [0.717, 1.165) is 22.4 Å². The van der Waals surface area contributed by atoms with Crippen molar-refractivity contribution in [1.29, 1.82) is 0 Å². The second-order valence-electron chi connectivity index (χ2n) is 8.64. The van der Waals surface area contributed by atoms with Crippen molar-refractivity contribution in [2.45, 2.75) is 13.5 Å². The zero-order valence-corrected chi connectivity index (χ0v) is 19.9. The highest BCUT2D eigenvalue weighted by atomic mass is 16.5. The average Bonchev–Trinajstić information content (AvgIpc) is 3.54. The Labute approximate surface area is 208 Å². The van der Waals surface area contributed by atoms with Gasteiger partial charge in [-0.1, -0.05) is 35.5 Å². The monoisotopic (exact) mass is 482 g/mol. The molecule has 5 rings (SSSR count). The molecule has 1 fully saturated rings. The first-order valence-electron chi connectivity index (χ1n) is 11.8. The molecule has 1 saturated heterocycles. The van der Waals surface area contributed by atoms with Gasteiger partial charge >= 0.3 is 0 Å². The number of hydrogen-bond acceptors (Lipinski definition) is 6. The van der Waals surface area contributed by atoms with E-state index < -0.39 is 0 Å².